The van der Waals surface area contributed by atoms with Crippen molar-refractivity contribution in [3.05, 3.63) is 51.4 Å². The summed E-state index contributed by atoms with van der Waals surface area (Å²) in [6.45, 7) is 2.79. The van der Waals surface area contributed by atoms with Crippen LogP contribution in [-0.2, 0) is 17.6 Å². The molecular formula is C25H29N3O4S. The Kier molecular flexibility index (Phi) is 7.23. The van der Waals surface area contributed by atoms with Crippen LogP contribution in [0.15, 0.2) is 24.3 Å². The first-order valence-corrected chi connectivity index (χ1v) is 12.5. The van der Waals surface area contributed by atoms with Crippen molar-refractivity contribution in [3.8, 4) is 0 Å². The standard InChI is InChI=1S/C25H29N3O4S/c1-2-26-22(30)21-18-12-7-8-13-19(18)33-23(21)27-20(29)14-4-3-9-15-28-24(31)16-10-5-6-11-17(16)25(28)32/h5-6,10-11H,2-4,7-9,12-15H2,1H3,(H,26,30)(H,27,29). The van der Waals surface area contributed by atoms with Crippen LogP contribution < -0.4 is 10.6 Å². The highest BCUT2D eigenvalue weighted by Crippen LogP contribution is 2.38. The van der Waals surface area contributed by atoms with E-state index in [1.165, 1.54) is 21.1 Å². The molecular weight excluding hydrogens is 438 g/mol. The lowest BCUT2D eigenvalue weighted by Gasteiger charge is -2.13. The molecule has 0 spiro atoms. The molecule has 7 nitrogen and oxygen atoms in total. The first kappa shape index (κ1) is 23.2. The van der Waals surface area contributed by atoms with Crippen molar-refractivity contribution in [1.82, 2.24) is 10.2 Å². The number of rotatable bonds is 9. The normalized spacial score (nSPS) is 14.8. The number of anilines is 1. The molecule has 0 unspecified atom stereocenters. The molecule has 33 heavy (non-hydrogen) atoms. The van der Waals surface area contributed by atoms with Crippen molar-refractivity contribution in [1.29, 1.82) is 0 Å². The van der Waals surface area contributed by atoms with Gasteiger partial charge in [-0.3, -0.25) is 24.1 Å². The Hall–Kier alpha value is -3.00. The summed E-state index contributed by atoms with van der Waals surface area (Å²) in [4.78, 5) is 52.5. The van der Waals surface area contributed by atoms with Crippen molar-refractivity contribution in [2.24, 2.45) is 0 Å². The van der Waals surface area contributed by atoms with Gasteiger partial charge in [0.25, 0.3) is 17.7 Å². The molecule has 0 atom stereocenters. The smallest absolute Gasteiger partial charge is 0.261 e. The van der Waals surface area contributed by atoms with E-state index in [4.69, 9.17) is 0 Å². The molecule has 0 fully saturated rings. The molecule has 174 valence electrons. The van der Waals surface area contributed by atoms with Crippen LogP contribution in [0.1, 0.15) is 87.0 Å². The summed E-state index contributed by atoms with van der Waals surface area (Å²) in [6.07, 6.45) is 6.38. The van der Waals surface area contributed by atoms with Gasteiger partial charge >= 0.3 is 0 Å². The number of carbonyl (C=O) groups is 4. The van der Waals surface area contributed by atoms with Gasteiger partial charge in [-0.2, -0.15) is 0 Å². The van der Waals surface area contributed by atoms with Crippen molar-refractivity contribution >= 4 is 40.0 Å². The average molecular weight is 468 g/mol. The zero-order chi connectivity index (χ0) is 23.4. The van der Waals surface area contributed by atoms with Gasteiger partial charge in [0, 0.05) is 24.4 Å². The third kappa shape index (κ3) is 4.85. The SMILES string of the molecule is CCNC(=O)c1c(NC(=O)CCCCCN2C(=O)c3ccccc3C2=O)sc2c1CCCC2. The number of unbranched alkanes of at least 4 members (excludes halogenated alkanes) is 2. The summed E-state index contributed by atoms with van der Waals surface area (Å²) in [5.74, 6) is -0.714. The molecule has 1 aromatic heterocycles. The number of thiophene rings is 1. The van der Waals surface area contributed by atoms with Gasteiger partial charge in [-0.1, -0.05) is 18.6 Å². The summed E-state index contributed by atoms with van der Waals surface area (Å²) >= 11 is 1.53. The molecule has 2 heterocycles. The molecule has 1 aromatic carbocycles. The second kappa shape index (κ2) is 10.3. The van der Waals surface area contributed by atoms with Crippen molar-refractivity contribution < 1.29 is 19.2 Å². The van der Waals surface area contributed by atoms with E-state index in [0.29, 0.717) is 54.0 Å². The van der Waals surface area contributed by atoms with Crippen molar-refractivity contribution in [2.45, 2.75) is 58.3 Å². The minimum Gasteiger partial charge on any atom is -0.352 e. The number of fused-ring (bicyclic) bond motifs is 2. The van der Waals surface area contributed by atoms with Crippen LogP contribution in [-0.4, -0.2) is 41.6 Å². The number of aryl methyl sites for hydroxylation is 1. The van der Waals surface area contributed by atoms with Gasteiger partial charge in [0.05, 0.1) is 16.7 Å². The number of nitrogens with zero attached hydrogens (tertiary/aromatic N) is 1. The highest BCUT2D eigenvalue weighted by Gasteiger charge is 2.34. The topological polar surface area (TPSA) is 95.6 Å². The molecule has 1 aliphatic heterocycles. The maximum Gasteiger partial charge on any atom is 0.261 e. The van der Waals surface area contributed by atoms with E-state index in [-0.39, 0.29) is 23.6 Å². The molecule has 2 aliphatic rings. The molecule has 4 amide bonds. The monoisotopic (exact) mass is 467 g/mol. The summed E-state index contributed by atoms with van der Waals surface area (Å²) in [7, 11) is 0. The molecule has 2 aromatic rings. The molecule has 0 saturated heterocycles. The number of hydrogen-bond donors (Lipinski definition) is 2. The van der Waals surface area contributed by atoms with Crippen LogP contribution in [0.25, 0.3) is 0 Å². The van der Waals surface area contributed by atoms with E-state index < -0.39 is 0 Å². The Morgan fingerprint density at radius 2 is 1.70 bits per heavy atom. The molecule has 1 aliphatic carbocycles. The Morgan fingerprint density at radius 3 is 2.39 bits per heavy atom. The molecule has 0 saturated carbocycles. The second-order valence-corrected chi connectivity index (χ2v) is 9.55. The van der Waals surface area contributed by atoms with Crippen LogP contribution in [0, 0.1) is 0 Å². The van der Waals surface area contributed by atoms with Gasteiger partial charge in [0.1, 0.15) is 5.00 Å². The van der Waals surface area contributed by atoms with E-state index in [9.17, 15) is 19.2 Å². The summed E-state index contributed by atoms with van der Waals surface area (Å²) < 4.78 is 0. The minimum absolute atomic E-state index is 0.111. The van der Waals surface area contributed by atoms with Gasteiger partial charge in [-0.05, 0) is 63.1 Å². The molecule has 2 N–H and O–H groups in total. The van der Waals surface area contributed by atoms with E-state index in [2.05, 4.69) is 10.6 Å². The van der Waals surface area contributed by atoms with Crippen LogP contribution in [0.2, 0.25) is 0 Å². The fraction of sp³-hybridized carbons (Fsp3) is 0.440. The zero-order valence-corrected chi connectivity index (χ0v) is 19.7. The van der Waals surface area contributed by atoms with Gasteiger partial charge in [0.2, 0.25) is 5.91 Å². The van der Waals surface area contributed by atoms with Gasteiger partial charge in [-0.15, -0.1) is 11.3 Å². The molecule has 8 heteroatoms. The fourth-order valence-electron chi connectivity index (χ4n) is 4.51. The van der Waals surface area contributed by atoms with E-state index in [0.717, 1.165) is 37.7 Å². The number of carbonyl (C=O) groups excluding carboxylic acids is 4. The zero-order valence-electron chi connectivity index (χ0n) is 18.9. The van der Waals surface area contributed by atoms with Crippen molar-refractivity contribution in [3.63, 3.8) is 0 Å². The number of benzene rings is 1. The number of amides is 4. The first-order chi connectivity index (χ1) is 16.0. The lowest BCUT2D eigenvalue weighted by atomic mass is 9.95. The molecule has 0 radical (unpaired) electrons. The lowest BCUT2D eigenvalue weighted by Crippen LogP contribution is -2.30. The Balaban J connectivity index is 1.27. The average Bonchev–Trinajstić information content (AvgIpc) is 3.29. The van der Waals surface area contributed by atoms with E-state index >= 15 is 0 Å². The highest BCUT2D eigenvalue weighted by atomic mass is 32.1. The van der Waals surface area contributed by atoms with Gasteiger partial charge in [0.15, 0.2) is 0 Å². The van der Waals surface area contributed by atoms with Crippen LogP contribution in [0.5, 0.6) is 0 Å². The second-order valence-electron chi connectivity index (χ2n) is 8.44. The third-order valence-electron chi connectivity index (χ3n) is 6.15. The molecule has 4 rings (SSSR count). The Labute approximate surface area is 197 Å². The highest BCUT2D eigenvalue weighted by molar-refractivity contribution is 7.17. The summed E-state index contributed by atoms with van der Waals surface area (Å²) in [6, 6.07) is 6.87. The lowest BCUT2D eigenvalue weighted by molar-refractivity contribution is -0.116. The van der Waals surface area contributed by atoms with Gasteiger partial charge in [-0.25, -0.2) is 0 Å². The predicted octanol–water partition coefficient (Wildman–Crippen LogP) is 4.17. The van der Waals surface area contributed by atoms with Crippen LogP contribution in [0.3, 0.4) is 0 Å². The summed E-state index contributed by atoms with van der Waals surface area (Å²) in [5, 5.41) is 6.49. The largest absolute Gasteiger partial charge is 0.352 e. The first-order valence-electron chi connectivity index (χ1n) is 11.7. The maximum atomic E-state index is 12.6. The predicted molar refractivity (Wildman–Crippen MR) is 128 cm³/mol. The quantitative estimate of drug-likeness (QED) is 0.427. The van der Waals surface area contributed by atoms with E-state index in [1.54, 1.807) is 24.3 Å². The van der Waals surface area contributed by atoms with E-state index in [1.807, 2.05) is 6.92 Å². The number of imide groups is 1. The van der Waals surface area contributed by atoms with Crippen LogP contribution >= 0.6 is 11.3 Å². The number of nitrogens with one attached hydrogen (secondary N) is 2. The van der Waals surface area contributed by atoms with Gasteiger partial charge < -0.3 is 10.6 Å². The molecule has 0 bridgehead atoms. The maximum absolute atomic E-state index is 12.6. The minimum atomic E-state index is -0.243. The van der Waals surface area contributed by atoms with Crippen molar-refractivity contribution in [2.75, 3.05) is 18.4 Å². The Morgan fingerprint density at radius 1 is 1.00 bits per heavy atom. The fourth-order valence-corrected chi connectivity index (χ4v) is 5.81. The Bertz CT molecular complexity index is 1060. The number of hydrogen-bond acceptors (Lipinski definition) is 5. The third-order valence-corrected chi connectivity index (χ3v) is 7.36. The van der Waals surface area contributed by atoms with Crippen LogP contribution in [0.4, 0.5) is 5.00 Å². The summed E-state index contributed by atoms with van der Waals surface area (Å²) in [5.41, 5.74) is 2.65.